The molecule has 1 aliphatic heterocycles. The first-order valence-electron chi connectivity index (χ1n) is 6.76. The summed E-state index contributed by atoms with van der Waals surface area (Å²) >= 11 is 0. The van der Waals surface area contributed by atoms with Crippen LogP contribution in [0.3, 0.4) is 0 Å². The second kappa shape index (κ2) is 6.34. The Kier molecular flexibility index (Phi) is 4.74. The number of hydrogen-bond donors (Lipinski definition) is 2. The predicted octanol–water partition coefficient (Wildman–Crippen LogP) is -0.0800. The van der Waals surface area contributed by atoms with Gasteiger partial charge in [0.1, 0.15) is 12.3 Å². The molecule has 2 N–H and O–H groups in total. The quantitative estimate of drug-likeness (QED) is 0.789. The third-order valence-corrected chi connectivity index (χ3v) is 3.35. The third kappa shape index (κ3) is 3.00. The molecular weight excluding hydrogens is 264 g/mol. The summed E-state index contributed by atoms with van der Waals surface area (Å²) in [6, 6.07) is 0. The highest BCUT2D eigenvalue weighted by Gasteiger charge is 2.36. The van der Waals surface area contributed by atoms with Crippen LogP contribution in [0.1, 0.15) is 31.6 Å². The molecule has 3 atom stereocenters. The molecule has 1 fully saturated rings. The Morgan fingerprint density at radius 3 is 2.95 bits per heavy atom. The Hall–Kier alpha value is -1.44. The smallest absolute Gasteiger partial charge is 0.330 e. The predicted molar refractivity (Wildman–Crippen MR) is 71.7 cm³/mol. The summed E-state index contributed by atoms with van der Waals surface area (Å²) in [6.45, 7) is 4.04. The van der Waals surface area contributed by atoms with Gasteiger partial charge in [-0.25, -0.2) is 4.79 Å². The van der Waals surface area contributed by atoms with Crippen molar-refractivity contribution in [1.82, 2.24) is 9.55 Å². The highest BCUT2D eigenvalue weighted by Crippen LogP contribution is 2.29. The van der Waals surface area contributed by atoms with Crippen molar-refractivity contribution in [2.75, 3.05) is 13.2 Å². The van der Waals surface area contributed by atoms with Gasteiger partial charge in [-0.3, -0.25) is 14.3 Å². The van der Waals surface area contributed by atoms with Crippen molar-refractivity contribution in [3.63, 3.8) is 0 Å². The molecule has 0 radical (unpaired) electrons. The van der Waals surface area contributed by atoms with E-state index in [2.05, 4.69) is 4.98 Å². The fourth-order valence-electron chi connectivity index (χ4n) is 2.28. The molecule has 0 bridgehead atoms. The molecule has 0 aromatic carbocycles. The summed E-state index contributed by atoms with van der Waals surface area (Å²) in [4.78, 5) is 25.4. The van der Waals surface area contributed by atoms with E-state index in [4.69, 9.17) is 9.47 Å². The number of nitrogens with zero attached hydrogens (tertiary/aromatic N) is 1. The fourth-order valence-corrected chi connectivity index (χ4v) is 2.28. The summed E-state index contributed by atoms with van der Waals surface area (Å²) in [5.74, 6) is 0. The maximum atomic E-state index is 11.8. The molecule has 0 unspecified atom stereocenters. The van der Waals surface area contributed by atoms with E-state index in [-0.39, 0.29) is 12.7 Å². The van der Waals surface area contributed by atoms with E-state index in [1.807, 2.05) is 6.92 Å². The van der Waals surface area contributed by atoms with Crippen LogP contribution in [0.4, 0.5) is 0 Å². The van der Waals surface area contributed by atoms with Crippen molar-refractivity contribution < 1.29 is 14.6 Å². The van der Waals surface area contributed by atoms with Crippen molar-refractivity contribution in [2.45, 2.75) is 45.1 Å². The molecule has 1 aliphatic rings. The van der Waals surface area contributed by atoms with E-state index in [1.165, 1.54) is 10.8 Å². The summed E-state index contributed by atoms with van der Waals surface area (Å²) < 4.78 is 12.6. The van der Waals surface area contributed by atoms with Gasteiger partial charge in [0.15, 0.2) is 0 Å². The highest BCUT2D eigenvalue weighted by molar-refractivity contribution is 5.02. The van der Waals surface area contributed by atoms with Gasteiger partial charge in [0, 0.05) is 24.8 Å². The second-order valence-corrected chi connectivity index (χ2v) is 4.94. The number of aryl methyl sites for hydroxylation is 1. The lowest BCUT2D eigenvalue weighted by Crippen LogP contribution is -2.33. The van der Waals surface area contributed by atoms with Crippen LogP contribution in [0.15, 0.2) is 15.8 Å². The Balaban J connectivity index is 2.20. The van der Waals surface area contributed by atoms with E-state index in [0.717, 1.165) is 6.42 Å². The summed E-state index contributed by atoms with van der Waals surface area (Å²) in [6.07, 6.45) is 1.59. The number of rotatable bonds is 5. The van der Waals surface area contributed by atoms with Gasteiger partial charge in [0.2, 0.25) is 0 Å². The number of aliphatic hydroxyl groups is 1. The number of nitrogens with one attached hydrogen (secondary N) is 1. The normalized spacial score (nSPS) is 26.1. The van der Waals surface area contributed by atoms with Crippen LogP contribution in [0.25, 0.3) is 0 Å². The van der Waals surface area contributed by atoms with Crippen LogP contribution in [-0.2, 0) is 9.47 Å². The Bertz CT molecular complexity index is 565. The zero-order valence-electron chi connectivity index (χ0n) is 11.7. The molecule has 7 heteroatoms. The molecule has 0 amide bonds. The van der Waals surface area contributed by atoms with Gasteiger partial charge in [-0.05, 0) is 13.3 Å². The SMILES string of the molecule is CCCO[C@@H]1C[C@H](n2cc(C)c(=O)[nH]c2=O)O[C@@H]1CO. The minimum absolute atomic E-state index is 0.165. The third-order valence-electron chi connectivity index (χ3n) is 3.35. The number of aliphatic hydroxyl groups excluding tert-OH is 1. The topological polar surface area (TPSA) is 93.6 Å². The first-order valence-corrected chi connectivity index (χ1v) is 6.76. The first-order chi connectivity index (χ1) is 9.56. The standard InChI is InChI=1S/C13H20N2O5/c1-3-4-19-9-5-11(20-10(9)7-16)15-6-8(2)12(17)14-13(15)18/h6,9-11,16H,3-5,7H2,1-2H3,(H,14,17,18)/t9-,10-,11-/m1/s1. The number of hydrogen-bond acceptors (Lipinski definition) is 5. The first kappa shape index (κ1) is 15.0. The lowest BCUT2D eigenvalue weighted by Gasteiger charge is -2.16. The molecule has 1 aromatic heterocycles. The maximum Gasteiger partial charge on any atom is 0.330 e. The lowest BCUT2D eigenvalue weighted by atomic mass is 10.2. The van der Waals surface area contributed by atoms with Crippen LogP contribution >= 0.6 is 0 Å². The number of H-pyrrole nitrogens is 1. The van der Waals surface area contributed by atoms with Gasteiger partial charge in [-0.15, -0.1) is 0 Å². The molecule has 2 rings (SSSR count). The van der Waals surface area contributed by atoms with Gasteiger partial charge in [-0.1, -0.05) is 6.92 Å². The van der Waals surface area contributed by atoms with E-state index in [1.54, 1.807) is 6.92 Å². The molecule has 0 saturated carbocycles. The van der Waals surface area contributed by atoms with Crippen molar-refractivity contribution >= 4 is 0 Å². The van der Waals surface area contributed by atoms with Gasteiger partial charge in [0.05, 0.1) is 12.7 Å². The molecule has 7 nitrogen and oxygen atoms in total. The molecule has 2 heterocycles. The molecular formula is C13H20N2O5. The average Bonchev–Trinajstić information content (AvgIpc) is 2.83. The van der Waals surface area contributed by atoms with Crippen molar-refractivity contribution in [3.05, 3.63) is 32.6 Å². The van der Waals surface area contributed by atoms with Crippen LogP contribution in [0.2, 0.25) is 0 Å². The monoisotopic (exact) mass is 284 g/mol. The largest absolute Gasteiger partial charge is 0.394 e. The molecule has 112 valence electrons. The lowest BCUT2D eigenvalue weighted by molar-refractivity contribution is -0.0621. The molecule has 1 aromatic rings. The molecule has 0 aliphatic carbocycles. The molecule has 1 saturated heterocycles. The fraction of sp³-hybridized carbons (Fsp3) is 0.692. The number of aromatic amines is 1. The zero-order chi connectivity index (χ0) is 14.7. The van der Waals surface area contributed by atoms with E-state index in [9.17, 15) is 14.7 Å². The number of ether oxygens (including phenoxy) is 2. The van der Waals surface area contributed by atoms with Crippen molar-refractivity contribution in [3.8, 4) is 0 Å². The molecule has 0 spiro atoms. The Labute approximate surface area is 116 Å². The van der Waals surface area contributed by atoms with Crippen LogP contribution in [0.5, 0.6) is 0 Å². The summed E-state index contributed by atoms with van der Waals surface area (Å²) in [5.41, 5.74) is -0.480. The van der Waals surface area contributed by atoms with Crippen molar-refractivity contribution in [2.24, 2.45) is 0 Å². The minimum atomic E-state index is -0.531. The van der Waals surface area contributed by atoms with E-state index < -0.39 is 23.6 Å². The van der Waals surface area contributed by atoms with Crippen molar-refractivity contribution in [1.29, 1.82) is 0 Å². The molecule has 20 heavy (non-hydrogen) atoms. The van der Waals surface area contributed by atoms with Crippen LogP contribution < -0.4 is 11.2 Å². The second-order valence-electron chi connectivity index (χ2n) is 4.94. The van der Waals surface area contributed by atoms with E-state index >= 15 is 0 Å². The van der Waals surface area contributed by atoms with Crippen LogP contribution in [-0.4, -0.2) is 40.1 Å². The average molecular weight is 284 g/mol. The van der Waals surface area contributed by atoms with Gasteiger partial charge >= 0.3 is 5.69 Å². The Morgan fingerprint density at radius 1 is 1.55 bits per heavy atom. The summed E-state index contributed by atoms with van der Waals surface area (Å²) in [7, 11) is 0. The highest BCUT2D eigenvalue weighted by atomic mass is 16.6. The van der Waals surface area contributed by atoms with Gasteiger partial charge in [-0.2, -0.15) is 0 Å². The van der Waals surface area contributed by atoms with Gasteiger partial charge in [0.25, 0.3) is 5.56 Å². The Morgan fingerprint density at radius 2 is 2.30 bits per heavy atom. The van der Waals surface area contributed by atoms with Gasteiger partial charge < -0.3 is 14.6 Å². The minimum Gasteiger partial charge on any atom is -0.394 e. The zero-order valence-corrected chi connectivity index (χ0v) is 11.7. The summed E-state index contributed by atoms with van der Waals surface area (Å²) in [5, 5.41) is 9.32. The van der Waals surface area contributed by atoms with E-state index in [0.29, 0.717) is 18.6 Å². The number of aromatic nitrogens is 2. The maximum absolute atomic E-state index is 11.8. The van der Waals surface area contributed by atoms with Crippen LogP contribution in [0, 0.1) is 6.92 Å².